The predicted octanol–water partition coefficient (Wildman–Crippen LogP) is 3.81. The second-order valence-electron chi connectivity index (χ2n) is 6.95. The van der Waals surface area contributed by atoms with Crippen LogP contribution in [0.4, 0.5) is 0 Å². The van der Waals surface area contributed by atoms with Crippen LogP contribution >= 0.6 is 24.0 Å². The highest BCUT2D eigenvalue weighted by atomic mass is 35.5. The summed E-state index contributed by atoms with van der Waals surface area (Å²) in [5.74, 6) is 0.320. The van der Waals surface area contributed by atoms with E-state index >= 15 is 0 Å². The molecule has 1 aromatic rings. The second kappa shape index (κ2) is 7.87. The summed E-state index contributed by atoms with van der Waals surface area (Å²) < 4.78 is 0. The molecule has 1 aliphatic heterocycles. The summed E-state index contributed by atoms with van der Waals surface area (Å²) in [5.41, 5.74) is 7.00. The molecule has 1 heterocycles. The highest BCUT2D eigenvalue weighted by Gasteiger charge is 2.44. The van der Waals surface area contributed by atoms with Gasteiger partial charge in [0.25, 0.3) is 0 Å². The monoisotopic (exact) mass is 356 g/mol. The first kappa shape index (κ1) is 18.6. The Morgan fingerprint density at radius 3 is 2.70 bits per heavy atom. The van der Waals surface area contributed by atoms with Gasteiger partial charge in [0, 0.05) is 24.2 Å². The normalized spacial score (nSPS) is 23.4. The number of benzene rings is 1. The Bertz CT molecular complexity index is 544. The second-order valence-corrected chi connectivity index (χ2v) is 7.38. The fourth-order valence-electron chi connectivity index (χ4n) is 4.09. The molecule has 2 fully saturated rings. The fourth-order valence-corrected chi connectivity index (χ4v) is 4.30. The van der Waals surface area contributed by atoms with Crippen molar-refractivity contribution in [1.29, 1.82) is 0 Å². The van der Waals surface area contributed by atoms with Crippen molar-refractivity contribution < 1.29 is 4.79 Å². The van der Waals surface area contributed by atoms with Gasteiger partial charge in [-0.1, -0.05) is 36.6 Å². The van der Waals surface area contributed by atoms with Crippen molar-refractivity contribution in [1.82, 2.24) is 4.90 Å². The summed E-state index contributed by atoms with van der Waals surface area (Å²) >= 11 is 6.11. The van der Waals surface area contributed by atoms with Gasteiger partial charge in [-0.3, -0.25) is 4.79 Å². The SMILES string of the molecule is Cl.NC1CCCN(C(=O)C2(Cc3cccc(Cl)c3)CCCC2)C1. The molecule has 0 radical (unpaired) electrons. The molecular weight excluding hydrogens is 331 g/mol. The average molecular weight is 357 g/mol. The molecule has 1 aromatic carbocycles. The molecule has 1 atom stereocenters. The zero-order valence-corrected chi connectivity index (χ0v) is 15.0. The molecule has 1 saturated carbocycles. The minimum absolute atomic E-state index is 0. The quantitative estimate of drug-likeness (QED) is 0.894. The average Bonchev–Trinajstić information content (AvgIpc) is 2.96. The van der Waals surface area contributed by atoms with Crippen molar-refractivity contribution in [2.75, 3.05) is 13.1 Å². The van der Waals surface area contributed by atoms with Gasteiger partial charge in [0.1, 0.15) is 0 Å². The smallest absolute Gasteiger partial charge is 0.229 e. The number of piperidine rings is 1. The van der Waals surface area contributed by atoms with Crippen LogP contribution in [0.5, 0.6) is 0 Å². The summed E-state index contributed by atoms with van der Waals surface area (Å²) in [6, 6.07) is 8.08. The van der Waals surface area contributed by atoms with Crippen molar-refractivity contribution in [3.8, 4) is 0 Å². The predicted molar refractivity (Wildman–Crippen MR) is 97.1 cm³/mol. The first-order valence-corrected chi connectivity index (χ1v) is 8.76. The molecule has 1 saturated heterocycles. The molecule has 2 N–H and O–H groups in total. The molecule has 1 aliphatic carbocycles. The van der Waals surface area contributed by atoms with Gasteiger partial charge >= 0.3 is 0 Å². The standard InChI is InChI=1S/C18H25ClN2O.ClH/c19-15-6-3-5-14(11-15)12-18(8-1-2-9-18)17(22)21-10-4-7-16(20)13-21;/h3,5-6,11,16H,1-2,4,7-10,12-13,20H2;1H. The highest BCUT2D eigenvalue weighted by Crippen LogP contribution is 2.43. The molecule has 5 heteroatoms. The van der Waals surface area contributed by atoms with E-state index < -0.39 is 0 Å². The molecule has 3 rings (SSSR count). The van der Waals surface area contributed by atoms with E-state index in [9.17, 15) is 4.79 Å². The van der Waals surface area contributed by atoms with E-state index in [1.807, 2.05) is 23.1 Å². The number of nitrogens with zero attached hydrogens (tertiary/aromatic N) is 1. The Morgan fingerprint density at radius 1 is 1.30 bits per heavy atom. The molecule has 0 bridgehead atoms. The number of carbonyl (C=O) groups is 1. The van der Waals surface area contributed by atoms with E-state index in [-0.39, 0.29) is 23.9 Å². The Balaban J connectivity index is 0.00000192. The topological polar surface area (TPSA) is 46.3 Å². The molecule has 23 heavy (non-hydrogen) atoms. The summed E-state index contributed by atoms with van der Waals surface area (Å²) in [7, 11) is 0. The molecular formula is C18H26Cl2N2O. The maximum absolute atomic E-state index is 13.2. The maximum atomic E-state index is 13.2. The van der Waals surface area contributed by atoms with Crippen molar-refractivity contribution in [2.24, 2.45) is 11.1 Å². The zero-order chi connectivity index (χ0) is 15.6. The van der Waals surface area contributed by atoms with Gasteiger partial charge in [-0.2, -0.15) is 0 Å². The van der Waals surface area contributed by atoms with Gasteiger partial charge in [0.05, 0.1) is 5.41 Å². The highest BCUT2D eigenvalue weighted by molar-refractivity contribution is 6.30. The van der Waals surface area contributed by atoms with Crippen LogP contribution in [0.15, 0.2) is 24.3 Å². The number of halogens is 2. The third-order valence-electron chi connectivity index (χ3n) is 5.19. The van der Waals surface area contributed by atoms with Crippen LogP contribution in [-0.2, 0) is 11.2 Å². The lowest BCUT2D eigenvalue weighted by molar-refractivity contribution is -0.143. The van der Waals surface area contributed by atoms with Crippen molar-refractivity contribution in [3.05, 3.63) is 34.9 Å². The Kier molecular flexibility index (Phi) is 6.35. The van der Waals surface area contributed by atoms with Crippen LogP contribution in [0.1, 0.15) is 44.1 Å². The molecule has 2 aliphatic rings. The van der Waals surface area contributed by atoms with Gasteiger partial charge in [-0.05, 0) is 49.8 Å². The molecule has 3 nitrogen and oxygen atoms in total. The van der Waals surface area contributed by atoms with E-state index in [2.05, 4.69) is 6.07 Å². The van der Waals surface area contributed by atoms with Crippen LogP contribution in [0.3, 0.4) is 0 Å². The summed E-state index contributed by atoms with van der Waals surface area (Å²) in [5, 5.41) is 0.748. The number of carbonyl (C=O) groups excluding carboxylic acids is 1. The third kappa shape index (κ3) is 4.20. The Hall–Kier alpha value is -0.770. The zero-order valence-electron chi connectivity index (χ0n) is 13.5. The van der Waals surface area contributed by atoms with Crippen LogP contribution in [0.25, 0.3) is 0 Å². The van der Waals surface area contributed by atoms with E-state index in [0.29, 0.717) is 5.91 Å². The van der Waals surface area contributed by atoms with Gasteiger partial charge in [0.2, 0.25) is 5.91 Å². The summed E-state index contributed by atoms with van der Waals surface area (Å²) in [4.78, 5) is 15.2. The molecule has 1 amide bonds. The van der Waals surface area contributed by atoms with Gasteiger partial charge in [-0.15, -0.1) is 12.4 Å². The maximum Gasteiger partial charge on any atom is 0.229 e. The van der Waals surface area contributed by atoms with Crippen LogP contribution in [0.2, 0.25) is 5.02 Å². The minimum atomic E-state index is -0.234. The van der Waals surface area contributed by atoms with Crippen molar-refractivity contribution in [2.45, 2.75) is 51.0 Å². The molecule has 0 spiro atoms. The lowest BCUT2D eigenvalue weighted by Crippen LogP contribution is -2.51. The largest absolute Gasteiger partial charge is 0.341 e. The van der Waals surface area contributed by atoms with Crippen LogP contribution in [-0.4, -0.2) is 29.9 Å². The first-order chi connectivity index (χ1) is 10.6. The van der Waals surface area contributed by atoms with Crippen LogP contribution in [0, 0.1) is 5.41 Å². The number of likely N-dealkylation sites (tertiary alicyclic amines) is 1. The Labute approximate surface area is 150 Å². The number of amides is 1. The first-order valence-electron chi connectivity index (χ1n) is 8.38. The molecule has 1 unspecified atom stereocenters. The van der Waals surface area contributed by atoms with E-state index in [1.165, 1.54) is 5.56 Å². The number of nitrogens with two attached hydrogens (primary N) is 1. The number of rotatable bonds is 3. The van der Waals surface area contributed by atoms with Crippen molar-refractivity contribution >= 4 is 29.9 Å². The number of hydrogen-bond donors (Lipinski definition) is 1. The molecule has 0 aromatic heterocycles. The van der Waals surface area contributed by atoms with E-state index in [1.54, 1.807) is 0 Å². The van der Waals surface area contributed by atoms with Gasteiger partial charge < -0.3 is 10.6 Å². The van der Waals surface area contributed by atoms with Gasteiger partial charge in [-0.25, -0.2) is 0 Å². The molecule has 128 valence electrons. The van der Waals surface area contributed by atoms with E-state index in [0.717, 1.165) is 63.1 Å². The number of hydrogen-bond acceptors (Lipinski definition) is 2. The third-order valence-corrected chi connectivity index (χ3v) is 5.43. The summed E-state index contributed by atoms with van der Waals surface area (Å²) in [6.07, 6.45) is 7.13. The minimum Gasteiger partial charge on any atom is -0.341 e. The van der Waals surface area contributed by atoms with Crippen molar-refractivity contribution in [3.63, 3.8) is 0 Å². The fraction of sp³-hybridized carbons (Fsp3) is 0.611. The van der Waals surface area contributed by atoms with Gasteiger partial charge in [0.15, 0.2) is 0 Å². The lowest BCUT2D eigenvalue weighted by Gasteiger charge is -2.38. The summed E-state index contributed by atoms with van der Waals surface area (Å²) in [6.45, 7) is 1.58. The van der Waals surface area contributed by atoms with Crippen LogP contribution < -0.4 is 5.73 Å². The lowest BCUT2D eigenvalue weighted by atomic mass is 9.78. The Morgan fingerprint density at radius 2 is 2.04 bits per heavy atom. The van der Waals surface area contributed by atoms with E-state index in [4.69, 9.17) is 17.3 Å².